The molecule has 1 heterocycles. The van der Waals surface area contributed by atoms with E-state index in [1.54, 1.807) is 30.2 Å². The van der Waals surface area contributed by atoms with Crippen LogP contribution in [0.1, 0.15) is 6.42 Å². The van der Waals surface area contributed by atoms with Gasteiger partial charge in [0, 0.05) is 23.9 Å². The van der Waals surface area contributed by atoms with Gasteiger partial charge in [-0.3, -0.25) is 9.59 Å². The normalized spacial score (nSPS) is 13.2. The highest BCUT2D eigenvalue weighted by atomic mass is 32.2. The van der Waals surface area contributed by atoms with Gasteiger partial charge in [-0.1, -0.05) is 12.1 Å². The maximum atomic E-state index is 12.4. The van der Waals surface area contributed by atoms with Gasteiger partial charge in [0.2, 0.25) is 11.8 Å². The molecule has 3 rings (SSSR count). The molecule has 1 aliphatic heterocycles. The molecule has 0 bridgehead atoms. The Hall–Kier alpha value is -2.67. The molecule has 1 aliphatic rings. The molecule has 2 aromatic rings. The molecule has 136 valence electrons. The minimum atomic E-state index is -0.183. The molecule has 0 saturated heterocycles. The van der Waals surface area contributed by atoms with Crippen molar-refractivity contribution in [3.8, 4) is 11.5 Å². The van der Waals surface area contributed by atoms with Crippen LogP contribution in [-0.4, -0.2) is 38.3 Å². The van der Waals surface area contributed by atoms with Crippen LogP contribution in [0.25, 0.3) is 0 Å². The summed E-state index contributed by atoms with van der Waals surface area (Å²) in [6.07, 6.45) is 0.194. The highest BCUT2D eigenvalue weighted by Crippen LogP contribution is 2.35. The Labute approximate surface area is 156 Å². The summed E-state index contributed by atoms with van der Waals surface area (Å²) in [7, 11) is 3.10. The number of amides is 2. The van der Waals surface area contributed by atoms with Crippen LogP contribution in [-0.2, 0) is 9.59 Å². The Kier molecular flexibility index (Phi) is 5.68. The summed E-state index contributed by atoms with van der Waals surface area (Å²) in [6, 6.07) is 12.9. The summed E-state index contributed by atoms with van der Waals surface area (Å²) < 4.78 is 10.4. The fourth-order valence-electron chi connectivity index (χ4n) is 2.73. The van der Waals surface area contributed by atoms with Crippen molar-refractivity contribution in [3.05, 3.63) is 42.5 Å². The third-order valence-electron chi connectivity index (χ3n) is 4.05. The van der Waals surface area contributed by atoms with Crippen molar-refractivity contribution in [2.45, 2.75) is 11.3 Å². The number of nitrogens with zero attached hydrogens (tertiary/aromatic N) is 1. The van der Waals surface area contributed by atoms with Gasteiger partial charge >= 0.3 is 0 Å². The van der Waals surface area contributed by atoms with Gasteiger partial charge in [-0.05, 0) is 24.3 Å². The number of ether oxygens (including phenoxy) is 2. The van der Waals surface area contributed by atoms with Crippen molar-refractivity contribution in [1.29, 1.82) is 0 Å². The lowest BCUT2D eigenvalue weighted by Crippen LogP contribution is -2.37. The van der Waals surface area contributed by atoms with Crippen LogP contribution < -0.4 is 19.7 Å². The SMILES string of the molecule is COc1ccc(NC(=O)CCN2C(=O)CSc3ccccc32)c(OC)c1. The van der Waals surface area contributed by atoms with Gasteiger partial charge in [-0.25, -0.2) is 0 Å². The molecular weight excluding hydrogens is 352 g/mol. The molecule has 0 spiro atoms. The van der Waals surface area contributed by atoms with Gasteiger partial charge in [-0.15, -0.1) is 11.8 Å². The van der Waals surface area contributed by atoms with Gasteiger partial charge < -0.3 is 19.7 Å². The molecule has 1 N–H and O–H groups in total. The first-order valence-electron chi connectivity index (χ1n) is 8.16. The maximum absolute atomic E-state index is 12.4. The molecule has 0 radical (unpaired) electrons. The van der Waals surface area contributed by atoms with E-state index in [9.17, 15) is 9.59 Å². The number of hydrogen-bond donors (Lipinski definition) is 1. The van der Waals surface area contributed by atoms with E-state index in [1.165, 1.54) is 18.9 Å². The Balaban J connectivity index is 1.66. The number of thioether (sulfide) groups is 1. The number of carbonyl (C=O) groups is 2. The summed E-state index contributed by atoms with van der Waals surface area (Å²) in [6.45, 7) is 0.334. The predicted molar refractivity (Wildman–Crippen MR) is 102 cm³/mol. The smallest absolute Gasteiger partial charge is 0.237 e. The molecule has 2 aromatic carbocycles. The van der Waals surface area contributed by atoms with E-state index in [-0.39, 0.29) is 18.2 Å². The second kappa shape index (κ2) is 8.14. The van der Waals surface area contributed by atoms with E-state index in [0.29, 0.717) is 29.5 Å². The third-order valence-corrected chi connectivity index (χ3v) is 5.10. The second-order valence-electron chi connectivity index (χ2n) is 5.67. The summed E-state index contributed by atoms with van der Waals surface area (Å²) in [5, 5.41) is 2.83. The molecule has 0 atom stereocenters. The van der Waals surface area contributed by atoms with E-state index in [4.69, 9.17) is 9.47 Å². The molecular formula is C19H20N2O4S. The molecule has 2 amide bonds. The van der Waals surface area contributed by atoms with E-state index >= 15 is 0 Å². The van der Waals surface area contributed by atoms with Crippen molar-refractivity contribution < 1.29 is 19.1 Å². The van der Waals surface area contributed by atoms with Gasteiger partial charge in [-0.2, -0.15) is 0 Å². The van der Waals surface area contributed by atoms with E-state index < -0.39 is 0 Å². The van der Waals surface area contributed by atoms with Gasteiger partial charge in [0.1, 0.15) is 11.5 Å². The average Bonchev–Trinajstić information content (AvgIpc) is 2.67. The zero-order valence-electron chi connectivity index (χ0n) is 14.7. The number of anilines is 2. The van der Waals surface area contributed by atoms with Crippen LogP contribution in [0.4, 0.5) is 11.4 Å². The maximum Gasteiger partial charge on any atom is 0.237 e. The van der Waals surface area contributed by atoms with Crippen molar-refractivity contribution in [1.82, 2.24) is 0 Å². The van der Waals surface area contributed by atoms with E-state index in [0.717, 1.165) is 10.6 Å². The minimum Gasteiger partial charge on any atom is -0.497 e. The van der Waals surface area contributed by atoms with Gasteiger partial charge in [0.15, 0.2) is 0 Å². The molecule has 26 heavy (non-hydrogen) atoms. The average molecular weight is 372 g/mol. The number of nitrogens with one attached hydrogen (secondary N) is 1. The Bertz CT molecular complexity index is 825. The zero-order valence-corrected chi connectivity index (χ0v) is 15.5. The van der Waals surface area contributed by atoms with Crippen LogP contribution in [0.5, 0.6) is 11.5 Å². The molecule has 0 saturated carbocycles. The summed E-state index contributed by atoms with van der Waals surface area (Å²) >= 11 is 1.53. The monoisotopic (exact) mass is 372 g/mol. The van der Waals surface area contributed by atoms with Crippen LogP contribution >= 0.6 is 11.8 Å². The predicted octanol–water partition coefficient (Wildman–Crippen LogP) is 3.17. The first-order chi connectivity index (χ1) is 12.6. The minimum absolute atomic E-state index is 0.0172. The highest BCUT2D eigenvalue weighted by molar-refractivity contribution is 8.00. The number of rotatable bonds is 6. The zero-order chi connectivity index (χ0) is 18.5. The topological polar surface area (TPSA) is 67.9 Å². The first-order valence-corrected chi connectivity index (χ1v) is 9.15. The van der Waals surface area contributed by atoms with Crippen LogP contribution in [0.15, 0.2) is 47.4 Å². The van der Waals surface area contributed by atoms with E-state index in [2.05, 4.69) is 5.32 Å². The lowest BCUT2D eigenvalue weighted by Gasteiger charge is -2.28. The summed E-state index contributed by atoms with van der Waals surface area (Å²) in [5.74, 6) is 1.40. The largest absolute Gasteiger partial charge is 0.497 e. The summed E-state index contributed by atoms with van der Waals surface area (Å²) in [4.78, 5) is 27.3. The molecule has 0 aliphatic carbocycles. The van der Waals surface area contributed by atoms with Crippen LogP contribution in [0.3, 0.4) is 0 Å². The summed E-state index contributed by atoms with van der Waals surface area (Å²) in [5.41, 5.74) is 1.43. The number of methoxy groups -OCH3 is 2. The molecule has 0 fully saturated rings. The number of para-hydroxylation sites is 1. The van der Waals surface area contributed by atoms with Crippen molar-refractivity contribution in [3.63, 3.8) is 0 Å². The van der Waals surface area contributed by atoms with Gasteiger partial charge in [0.25, 0.3) is 0 Å². The van der Waals surface area contributed by atoms with Crippen molar-refractivity contribution in [2.24, 2.45) is 0 Å². The Morgan fingerprint density at radius 2 is 2.00 bits per heavy atom. The van der Waals surface area contributed by atoms with Crippen molar-refractivity contribution in [2.75, 3.05) is 36.7 Å². The van der Waals surface area contributed by atoms with Crippen LogP contribution in [0.2, 0.25) is 0 Å². The number of hydrogen-bond acceptors (Lipinski definition) is 5. The number of benzene rings is 2. The van der Waals surface area contributed by atoms with Gasteiger partial charge in [0.05, 0.1) is 31.3 Å². The second-order valence-corrected chi connectivity index (χ2v) is 6.68. The molecule has 6 nitrogen and oxygen atoms in total. The lowest BCUT2D eigenvalue weighted by atomic mass is 10.2. The highest BCUT2D eigenvalue weighted by Gasteiger charge is 2.24. The number of fused-ring (bicyclic) bond motifs is 1. The number of carbonyl (C=O) groups excluding carboxylic acids is 2. The quantitative estimate of drug-likeness (QED) is 0.844. The molecule has 7 heteroatoms. The fourth-order valence-corrected chi connectivity index (χ4v) is 3.66. The standard InChI is InChI=1S/C19H20N2O4S/c1-24-13-7-8-14(16(11-13)25-2)20-18(22)9-10-21-15-5-3-4-6-17(15)26-12-19(21)23/h3-8,11H,9-10,12H2,1-2H3,(H,20,22). The fraction of sp³-hybridized carbons (Fsp3) is 0.263. The molecule has 0 aromatic heterocycles. The lowest BCUT2D eigenvalue weighted by molar-refractivity contribution is -0.117. The Morgan fingerprint density at radius 3 is 2.77 bits per heavy atom. The first kappa shape index (κ1) is 18.1. The Morgan fingerprint density at radius 1 is 1.19 bits per heavy atom. The third kappa shape index (κ3) is 3.94. The molecule has 0 unspecified atom stereocenters. The van der Waals surface area contributed by atoms with Crippen molar-refractivity contribution >= 4 is 35.0 Å². The van der Waals surface area contributed by atoms with Crippen LogP contribution in [0, 0.1) is 0 Å². The van der Waals surface area contributed by atoms with E-state index in [1.807, 2.05) is 24.3 Å².